The Hall–Kier alpha value is -3.83. The third-order valence-electron chi connectivity index (χ3n) is 4.14. The van der Waals surface area contributed by atoms with Gasteiger partial charge < -0.3 is 9.47 Å². The highest BCUT2D eigenvalue weighted by molar-refractivity contribution is 5.95. The molecule has 2 aromatic rings. The fourth-order valence-electron chi connectivity index (χ4n) is 2.52. The topological polar surface area (TPSA) is 109 Å². The van der Waals surface area contributed by atoms with E-state index < -0.39 is 0 Å². The molecule has 2 rings (SSSR count). The van der Waals surface area contributed by atoms with Crippen LogP contribution in [0.15, 0.2) is 53.6 Å². The van der Waals surface area contributed by atoms with E-state index in [2.05, 4.69) is 16.4 Å². The molecule has 8 nitrogen and oxygen atoms in total. The van der Waals surface area contributed by atoms with Crippen molar-refractivity contribution in [2.75, 3.05) is 13.2 Å². The first-order valence-corrected chi connectivity index (χ1v) is 9.78. The van der Waals surface area contributed by atoms with Crippen molar-refractivity contribution in [3.8, 4) is 23.8 Å². The van der Waals surface area contributed by atoms with Gasteiger partial charge in [0.1, 0.15) is 18.1 Å². The maximum atomic E-state index is 12.2. The molecule has 0 aromatic heterocycles. The largest absolute Gasteiger partial charge is 0.494 e. The van der Waals surface area contributed by atoms with Crippen molar-refractivity contribution in [2.24, 2.45) is 5.10 Å². The van der Waals surface area contributed by atoms with E-state index in [1.807, 2.05) is 0 Å². The smallest absolute Gasteiger partial charge is 0.271 e. The van der Waals surface area contributed by atoms with Crippen molar-refractivity contribution in [1.82, 2.24) is 10.9 Å². The van der Waals surface area contributed by atoms with E-state index in [1.54, 1.807) is 54.0 Å². The molecule has 0 atom stereocenters. The molecule has 0 radical (unpaired) electrons. The number of benzene rings is 2. The van der Waals surface area contributed by atoms with Gasteiger partial charge >= 0.3 is 0 Å². The van der Waals surface area contributed by atoms with Crippen LogP contribution in [0.2, 0.25) is 0 Å². The van der Waals surface area contributed by atoms with Crippen LogP contribution in [0, 0.1) is 12.3 Å². The summed E-state index contributed by atoms with van der Waals surface area (Å²) in [6.45, 7) is 0.710. The molecule has 0 saturated carbocycles. The molecule has 0 aliphatic rings. The highest BCUT2D eigenvalue weighted by Crippen LogP contribution is 2.13. The average Bonchev–Trinajstić information content (AvgIpc) is 2.80. The second-order valence-corrected chi connectivity index (χ2v) is 6.48. The number of unbranched alkanes of at least 4 members (excludes halogenated alkanes) is 2. The van der Waals surface area contributed by atoms with Crippen LogP contribution in [0.5, 0.6) is 11.5 Å². The molecule has 0 fully saturated rings. The first-order chi connectivity index (χ1) is 15.1. The van der Waals surface area contributed by atoms with Gasteiger partial charge in [-0.15, -0.1) is 6.42 Å². The molecule has 0 heterocycles. The predicted octanol–water partition coefficient (Wildman–Crippen LogP) is 2.91. The summed E-state index contributed by atoms with van der Waals surface area (Å²) in [5.74, 6) is 2.99. The highest BCUT2D eigenvalue weighted by atomic mass is 16.5. The molecule has 0 spiro atoms. The lowest BCUT2D eigenvalue weighted by Crippen LogP contribution is -2.17. The van der Waals surface area contributed by atoms with Gasteiger partial charge in [-0.1, -0.05) is 5.92 Å². The minimum absolute atomic E-state index is 0.207. The van der Waals surface area contributed by atoms with Crippen molar-refractivity contribution in [3.05, 3.63) is 59.7 Å². The van der Waals surface area contributed by atoms with Gasteiger partial charge in [0, 0.05) is 12.0 Å². The molecule has 31 heavy (non-hydrogen) atoms. The summed E-state index contributed by atoms with van der Waals surface area (Å²) in [6, 6.07) is 13.9. The number of carbonyl (C=O) groups excluding carboxylic acids is 2. The molecule has 8 heteroatoms. The Morgan fingerprint density at radius 3 is 2.35 bits per heavy atom. The normalized spacial score (nSPS) is 10.3. The van der Waals surface area contributed by atoms with E-state index in [0.29, 0.717) is 30.1 Å². The summed E-state index contributed by atoms with van der Waals surface area (Å²) in [4.78, 5) is 23.1. The molecule has 0 saturated heterocycles. The van der Waals surface area contributed by atoms with Crippen molar-refractivity contribution in [1.29, 1.82) is 0 Å². The number of hydrogen-bond acceptors (Lipinski definition) is 6. The van der Waals surface area contributed by atoms with E-state index in [9.17, 15) is 9.59 Å². The molecular weight excluding hydrogens is 398 g/mol. The van der Waals surface area contributed by atoms with E-state index in [0.717, 1.165) is 18.4 Å². The number of nitrogens with zero attached hydrogens (tertiary/aromatic N) is 1. The van der Waals surface area contributed by atoms with Gasteiger partial charge in [0.15, 0.2) is 0 Å². The Morgan fingerprint density at radius 1 is 1.00 bits per heavy atom. The van der Waals surface area contributed by atoms with E-state index in [-0.39, 0.29) is 24.8 Å². The Kier molecular flexibility index (Phi) is 10.1. The minimum Gasteiger partial charge on any atom is -0.494 e. The molecule has 0 aliphatic heterocycles. The summed E-state index contributed by atoms with van der Waals surface area (Å²) in [5.41, 5.74) is 5.34. The van der Waals surface area contributed by atoms with Crippen molar-refractivity contribution in [2.45, 2.75) is 25.7 Å². The molecule has 2 aromatic carbocycles. The van der Waals surface area contributed by atoms with Crippen LogP contribution in [0.25, 0.3) is 0 Å². The Labute approximate surface area is 181 Å². The molecule has 162 valence electrons. The fraction of sp³-hybridized carbons (Fsp3) is 0.261. The predicted molar refractivity (Wildman–Crippen MR) is 116 cm³/mol. The number of hydrogen-bond donors (Lipinski definition) is 3. The molecule has 0 aliphatic carbocycles. The molecule has 0 bridgehead atoms. The third kappa shape index (κ3) is 9.02. The van der Waals surface area contributed by atoms with Crippen LogP contribution < -0.4 is 20.4 Å². The quantitative estimate of drug-likeness (QED) is 0.160. The van der Waals surface area contributed by atoms with Gasteiger partial charge in [-0.3, -0.25) is 14.8 Å². The van der Waals surface area contributed by atoms with Crippen LogP contribution in [0.3, 0.4) is 0 Å². The number of hydroxylamine groups is 1. The Morgan fingerprint density at radius 2 is 1.68 bits per heavy atom. The van der Waals surface area contributed by atoms with Gasteiger partial charge in [0.2, 0.25) is 5.91 Å². The maximum absolute atomic E-state index is 12.2. The fourth-order valence-corrected chi connectivity index (χ4v) is 2.52. The van der Waals surface area contributed by atoms with Crippen molar-refractivity contribution >= 4 is 18.0 Å². The monoisotopic (exact) mass is 423 g/mol. The average molecular weight is 423 g/mol. The summed E-state index contributed by atoms with van der Waals surface area (Å²) >= 11 is 0. The van der Waals surface area contributed by atoms with Gasteiger partial charge in [0.25, 0.3) is 5.91 Å². The van der Waals surface area contributed by atoms with Crippen LogP contribution in [-0.2, 0) is 4.79 Å². The van der Waals surface area contributed by atoms with Gasteiger partial charge in [-0.05, 0) is 73.4 Å². The summed E-state index contributed by atoms with van der Waals surface area (Å²) in [7, 11) is 0. The van der Waals surface area contributed by atoms with Gasteiger partial charge in [0.05, 0.1) is 12.8 Å². The minimum atomic E-state index is -0.386. The van der Waals surface area contributed by atoms with Crippen LogP contribution in [-0.4, -0.2) is 36.4 Å². The first-order valence-electron chi connectivity index (χ1n) is 9.78. The second-order valence-electron chi connectivity index (χ2n) is 6.48. The van der Waals surface area contributed by atoms with Crippen LogP contribution >= 0.6 is 0 Å². The molecule has 3 N–H and O–H groups in total. The zero-order valence-electron chi connectivity index (χ0n) is 17.0. The lowest BCUT2D eigenvalue weighted by molar-refractivity contribution is -0.129. The molecule has 2 amide bonds. The first kappa shape index (κ1) is 23.4. The summed E-state index contributed by atoms with van der Waals surface area (Å²) in [6.07, 6.45) is 9.24. The van der Waals surface area contributed by atoms with E-state index >= 15 is 0 Å². The number of amides is 2. The van der Waals surface area contributed by atoms with Gasteiger partial charge in [-0.25, -0.2) is 10.9 Å². The second kappa shape index (κ2) is 13.4. The number of hydrazone groups is 1. The standard InChI is InChI=1S/C23H25N3O5/c1-2-15-30-20-11-7-18(8-12-20)17-24-25-23(28)19-9-13-21(14-10-19)31-16-5-3-4-6-22(27)26-29/h1,7-14,17,29H,3-6,15-16H2,(H,25,28)(H,26,27)/b24-17+. The molecular formula is C23H25N3O5. The maximum Gasteiger partial charge on any atom is 0.271 e. The van der Waals surface area contributed by atoms with Gasteiger partial charge in [-0.2, -0.15) is 5.10 Å². The van der Waals surface area contributed by atoms with Crippen LogP contribution in [0.1, 0.15) is 41.6 Å². The number of carbonyl (C=O) groups is 2. The summed E-state index contributed by atoms with van der Waals surface area (Å²) in [5, 5.41) is 12.4. The Bertz CT molecular complexity index is 902. The van der Waals surface area contributed by atoms with Crippen molar-refractivity contribution < 1.29 is 24.3 Å². The van der Waals surface area contributed by atoms with Crippen LogP contribution in [0.4, 0.5) is 0 Å². The third-order valence-corrected chi connectivity index (χ3v) is 4.14. The summed E-state index contributed by atoms with van der Waals surface area (Å²) < 4.78 is 10.9. The molecule has 0 unspecified atom stereocenters. The number of ether oxygens (including phenoxy) is 2. The van der Waals surface area contributed by atoms with E-state index in [4.69, 9.17) is 21.1 Å². The Balaban J connectivity index is 1.71. The zero-order valence-corrected chi connectivity index (χ0v) is 17.0. The van der Waals surface area contributed by atoms with Crippen molar-refractivity contribution in [3.63, 3.8) is 0 Å². The lowest BCUT2D eigenvalue weighted by Gasteiger charge is -2.07. The zero-order chi connectivity index (χ0) is 22.3. The highest BCUT2D eigenvalue weighted by Gasteiger charge is 2.05. The SMILES string of the molecule is C#CCOc1ccc(/C=N/NC(=O)c2ccc(OCCCCCC(=O)NO)cc2)cc1. The number of terminal acetylenes is 1. The lowest BCUT2D eigenvalue weighted by atomic mass is 10.2. The number of rotatable bonds is 12. The van der Waals surface area contributed by atoms with E-state index in [1.165, 1.54) is 6.21 Å². The number of nitrogens with one attached hydrogen (secondary N) is 2.